The predicted molar refractivity (Wildman–Crippen MR) is 76.5 cm³/mol. The van der Waals surface area contributed by atoms with Gasteiger partial charge in [0.25, 0.3) is 5.91 Å². The number of amides is 1. The van der Waals surface area contributed by atoms with E-state index in [9.17, 15) is 14.7 Å². The average molecular weight is 303 g/mol. The lowest BCUT2D eigenvalue weighted by Gasteiger charge is -2.14. The van der Waals surface area contributed by atoms with Gasteiger partial charge in [0.15, 0.2) is 0 Å². The van der Waals surface area contributed by atoms with E-state index >= 15 is 0 Å². The Morgan fingerprint density at radius 1 is 1.50 bits per heavy atom. The van der Waals surface area contributed by atoms with Crippen molar-refractivity contribution in [1.82, 2.24) is 25.5 Å². The first-order chi connectivity index (χ1) is 10.6. The van der Waals surface area contributed by atoms with Crippen molar-refractivity contribution in [2.75, 3.05) is 0 Å². The zero-order valence-corrected chi connectivity index (χ0v) is 12.1. The topological polar surface area (TPSA) is 124 Å². The number of aromatic nitrogens is 4. The maximum atomic E-state index is 12.5. The first kappa shape index (κ1) is 14.3. The lowest BCUT2D eigenvalue weighted by atomic mass is 10.1. The van der Waals surface area contributed by atoms with E-state index in [1.807, 2.05) is 0 Å². The molecule has 22 heavy (non-hydrogen) atoms. The molecule has 3 rings (SSSR count). The van der Waals surface area contributed by atoms with Crippen molar-refractivity contribution in [3.8, 4) is 0 Å². The molecule has 0 aliphatic heterocycles. The van der Waals surface area contributed by atoms with Crippen LogP contribution in [0.25, 0.3) is 0 Å². The van der Waals surface area contributed by atoms with Crippen LogP contribution in [-0.2, 0) is 11.2 Å². The van der Waals surface area contributed by atoms with Crippen LogP contribution in [-0.4, -0.2) is 43.2 Å². The third-order valence-corrected chi connectivity index (χ3v) is 3.75. The minimum Gasteiger partial charge on any atom is -0.480 e. The van der Waals surface area contributed by atoms with Gasteiger partial charge in [-0.2, -0.15) is 5.10 Å². The van der Waals surface area contributed by atoms with E-state index in [4.69, 9.17) is 0 Å². The fourth-order valence-corrected chi connectivity index (χ4v) is 2.43. The van der Waals surface area contributed by atoms with Gasteiger partial charge in [0, 0.05) is 29.9 Å². The first-order valence-corrected chi connectivity index (χ1v) is 7.12. The summed E-state index contributed by atoms with van der Waals surface area (Å²) in [5, 5.41) is 18.9. The number of carbonyl (C=O) groups excluding carboxylic acids is 1. The van der Waals surface area contributed by atoms with E-state index in [0.29, 0.717) is 22.9 Å². The molecule has 116 valence electrons. The fraction of sp³-hybridized carbons (Fsp3) is 0.429. The molecule has 0 aromatic carbocycles. The van der Waals surface area contributed by atoms with Crippen molar-refractivity contribution < 1.29 is 14.7 Å². The minimum atomic E-state index is -1.09. The van der Waals surface area contributed by atoms with Crippen LogP contribution < -0.4 is 5.32 Å². The number of nitrogens with zero attached hydrogens (tertiary/aromatic N) is 2. The van der Waals surface area contributed by atoms with Crippen molar-refractivity contribution in [3.05, 3.63) is 35.2 Å². The standard InChI is InChI=1S/C14H17N5O3/c1-7-11(12(19-18-7)8-2-3-8)13(20)17-10(14(21)22)4-9-5-15-6-16-9/h5-6,8,10H,2-4H2,1H3,(H,15,16)(H,17,20)(H,18,19)(H,21,22)/t10-/m0/s1. The van der Waals surface area contributed by atoms with Gasteiger partial charge in [0.1, 0.15) is 6.04 Å². The normalized spacial score (nSPS) is 15.5. The summed E-state index contributed by atoms with van der Waals surface area (Å²) >= 11 is 0. The van der Waals surface area contributed by atoms with E-state index in [0.717, 1.165) is 18.5 Å². The maximum absolute atomic E-state index is 12.5. The summed E-state index contributed by atoms with van der Waals surface area (Å²) in [4.78, 5) is 30.5. The number of rotatable bonds is 6. The predicted octanol–water partition coefficient (Wildman–Crippen LogP) is 0.744. The fourth-order valence-electron chi connectivity index (χ4n) is 2.43. The lowest BCUT2D eigenvalue weighted by Crippen LogP contribution is -2.42. The van der Waals surface area contributed by atoms with Crippen LogP contribution >= 0.6 is 0 Å². The summed E-state index contributed by atoms with van der Waals surface area (Å²) < 4.78 is 0. The quantitative estimate of drug-likeness (QED) is 0.626. The zero-order valence-electron chi connectivity index (χ0n) is 12.1. The third-order valence-electron chi connectivity index (χ3n) is 3.75. The molecule has 0 spiro atoms. The number of carboxylic acids is 1. The average Bonchev–Trinajstić information content (AvgIpc) is 3.04. The summed E-state index contributed by atoms with van der Waals surface area (Å²) in [5.41, 5.74) is 2.52. The second kappa shape index (κ2) is 5.63. The molecule has 1 amide bonds. The van der Waals surface area contributed by atoms with Gasteiger partial charge in [-0.1, -0.05) is 0 Å². The van der Waals surface area contributed by atoms with Crippen LogP contribution in [0.2, 0.25) is 0 Å². The van der Waals surface area contributed by atoms with Gasteiger partial charge in [-0.05, 0) is 19.8 Å². The SMILES string of the molecule is Cc1[nH]nc(C2CC2)c1C(=O)N[C@@H](Cc1cnc[nH]1)C(=O)O. The summed E-state index contributed by atoms with van der Waals surface area (Å²) in [6.07, 6.45) is 5.20. The Morgan fingerprint density at radius 2 is 2.27 bits per heavy atom. The molecule has 8 heteroatoms. The number of imidazole rings is 1. The van der Waals surface area contributed by atoms with Crippen LogP contribution in [0.1, 0.15) is 46.2 Å². The molecule has 2 aromatic rings. The molecular formula is C14H17N5O3. The molecule has 1 saturated carbocycles. The smallest absolute Gasteiger partial charge is 0.326 e. The maximum Gasteiger partial charge on any atom is 0.326 e. The Bertz CT molecular complexity index is 687. The molecule has 1 aliphatic carbocycles. The highest BCUT2D eigenvalue weighted by Gasteiger charge is 2.33. The van der Waals surface area contributed by atoms with Gasteiger partial charge >= 0.3 is 5.97 Å². The Labute approximate surface area is 126 Å². The van der Waals surface area contributed by atoms with E-state index in [2.05, 4.69) is 25.5 Å². The number of aromatic amines is 2. The number of aliphatic carboxylic acids is 1. The highest BCUT2D eigenvalue weighted by atomic mass is 16.4. The Morgan fingerprint density at radius 3 is 2.86 bits per heavy atom. The Hall–Kier alpha value is -2.64. The monoisotopic (exact) mass is 303 g/mol. The summed E-state index contributed by atoms with van der Waals surface area (Å²) in [6, 6.07) is -1.02. The van der Waals surface area contributed by atoms with Gasteiger partial charge in [-0.3, -0.25) is 9.89 Å². The highest BCUT2D eigenvalue weighted by Crippen LogP contribution is 2.41. The van der Waals surface area contributed by atoms with Gasteiger partial charge in [0.05, 0.1) is 17.6 Å². The number of carboxylic acid groups (broad SMARTS) is 1. The number of aryl methyl sites for hydroxylation is 1. The largest absolute Gasteiger partial charge is 0.480 e. The molecule has 2 heterocycles. The molecular weight excluding hydrogens is 286 g/mol. The Kier molecular flexibility index (Phi) is 3.66. The lowest BCUT2D eigenvalue weighted by molar-refractivity contribution is -0.139. The van der Waals surface area contributed by atoms with Crippen LogP contribution in [0, 0.1) is 6.92 Å². The van der Waals surface area contributed by atoms with Crippen molar-refractivity contribution >= 4 is 11.9 Å². The second-order valence-electron chi connectivity index (χ2n) is 5.53. The molecule has 0 saturated heterocycles. The van der Waals surface area contributed by atoms with Gasteiger partial charge in [-0.15, -0.1) is 0 Å². The number of carbonyl (C=O) groups is 2. The molecule has 1 atom stereocenters. The van der Waals surface area contributed by atoms with Gasteiger partial charge in [-0.25, -0.2) is 9.78 Å². The molecule has 1 aliphatic rings. The van der Waals surface area contributed by atoms with Crippen LogP contribution in [0.5, 0.6) is 0 Å². The molecule has 0 unspecified atom stereocenters. The van der Waals surface area contributed by atoms with Crippen LogP contribution in [0.15, 0.2) is 12.5 Å². The van der Waals surface area contributed by atoms with Crippen LogP contribution in [0.4, 0.5) is 0 Å². The second-order valence-corrected chi connectivity index (χ2v) is 5.53. The minimum absolute atomic E-state index is 0.150. The van der Waals surface area contributed by atoms with E-state index in [-0.39, 0.29) is 6.42 Å². The zero-order chi connectivity index (χ0) is 15.7. The van der Waals surface area contributed by atoms with Crippen LogP contribution in [0.3, 0.4) is 0 Å². The van der Waals surface area contributed by atoms with Crippen molar-refractivity contribution in [2.45, 2.75) is 38.1 Å². The van der Waals surface area contributed by atoms with E-state index in [1.165, 1.54) is 6.33 Å². The summed E-state index contributed by atoms with van der Waals surface area (Å²) in [7, 11) is 0. The van der Waals surface area contributed by atoms with Crippen molar-refractivity contribution in [3.63, 3.8) is 0 Å². The van der Waals surface area contributed by atoms with E-state index in [1.54, 1.807) is 13.1 Å². The Balaban J connectivity index is 1.76. The molecule has 0 bridgehead atoms. The van der Waals surface area contributed by atoms with Gasteiger partial charge in [0.2, 0.25) is 0 Å². The van der Waals surface area contributed by atoms with Crippen molar-refractivity contribution in [2.24, 2.45) is 0 Å². The van der Waals surface area contributed by atoms with Crippen molar-refractivity contribution in [1.29, 1.82) is 0 Å². The molecule has 2 aromatic heterocycles. The summed E-state index contributed by atoms with van der Waals surface area (Å²) in [6.45, 7) is 1.76. The molecule has 0 radical (unpaired) electrons. The van der Waals surface area contributed by atoms with E-state index < -0.39 is 17.9 Å². The number of H-pyrrole nitrogens is 2. The first-order valence-electron chi connectivity index (χ1n) is 7.12. The number of hydrogen-bond donors (Lipinski definition) is 4. The molecule has 4 N–H and O–H groups in total. The third kappa shape index (κ3) is 2.85. The number of hydrogen-bond acceptors (Lipinski definition) is 4. The summed E-state index contributed by atoms with van der Waals surface area (Å²) in [5.74, 6) is -1.18. The number of nitrogens with one attached hydrogen (secondary N) is 3. The molecule has 1 fully saturated rings. The molecule has 8 nitrogen and oxygen atoms in total. The van der Waals surface area contributed by atoms with Gasteiger partial charge < -0.3 is 15.4 Å². The highest BCUT2D eigenvalue weighted by molar-refractivity contribution is 5.98.